The van der Waals surface area contributed by atoms with Crippen LogP contribution in [0.2, 0.25) is 0 Å². The summed E-state index contributed by atoms with van der Waals surface area (Å²) in [7, 11) is 0. The molecule has 1 atom stereocenters. The van der Waals surface area contributed by atoms with Crippen LogP contribution < -0.4 is 0 Å². The van der Waals surface area contributed by atoms with Crippen LogP contribution >= 0.6 is 15.9 Å². The standard InChI is InChI=1S/C21H22BrN3O/c22-18-7-6-16-8-12-24(20(16)14-18)13-9-21(26)25-11-2-1-5-19(25)17-4-3-10-23-15-17/h3-4,6-8,10,12,14-15,19H,1-2,5,9,11,13H2/t19-/m1/s1. The van der Waals surface area contributed by atoms with Gasteiger partial charge in [-0.05, 0) is 54.5 Å². The van der Waals surface area contributed by atoms with E-state index in [2.05, 4.69) is 60.8 Å². The molecule has 26 heavy (non-hydrogen) atoms. The molecule has 0 saturated carbocycles. The molecule has 0 unspecified atom stereocenters. The topological polar surface area (TPSA) is 38.1 Å². The van der Waals surface area contributed by atoms with E-state index in [4.69, 9.17) is 0 Å². The van der Waals surface area contributed by atoms with Crippen molar-refractivity contribution in [2.24, 2.45) is 0 Å². The van der Waals surface area contributed by atoms with Crippen molar-refractivity contribution in [3.63, 3.8) is 0 Å². The second-order valence-corrected chi connectivity index (χ2v) is 7.76. The van der Waals surface area contributed by atoms with Crippen LogP contribution in [0.4, 0.5) is 0 Å². The van der Waals surface area contributed by atoms with Crippen molar-refractivity contribution >= 4 is 32.7 Å². The van der Waals surface area contributed by atoms with E-state index in [9.17, 15) is 4.79 Å². The summed E-state index contributed by atoms with van der Waals surface area (Å²) in [5.41, 5.74) is 2.31. The zero-order valence-electron chi connectivity index (χ0n) is 14.6. The molecule has 4 nitrogen and oxygen atoms in total. The fraction of sp³-hybridized carbons (Fsp3) is 0.333. The number of halogens is 1. The van der Waals surface area contributed by atoms with Crippen molar-refractivity contribution in [3.8, 4) is 0 Å². The minimum Gasteiger partial charge on any atom is -0.347 e. The number of benzene rings is 1. The summed E-state index contributed by atoms with van der Waals surface area (Å²) in [6.45, 7) is 1.55. The Morgan fingerprint density at radius 2 is 2.15 bits per heavy atom. The van der Waals surface area contributed by atoms with Crippen molar-refractivity contribution in [1.29, 1.82) is 0 Å². The molecular formula is C21H22BrN3O. The maximum Gasteiger partial charge on any atom is 0.224 e. The van der Waals surface area contributed by atoms with E-state index >= 15 is 0 Å². The SMILES string of the molecule is O=C(CCn1ccc2ccc(Br)cc21)N1CCCC[C@@H]1c1cccnc1. The van der Waals surface area contributed by atoms with Crippen LogP contribution in [0.3, 0.4) is 0 Å². The lowest BCUT2D eigenvalue weighted by molar-refractivity contribution is -0.135. The predicted molar refractivity (Wildman–Crippen MR) is 107 cm³/mol. The third-order valence-electron chi connectivity index (χ3n) is 5.19. The number of carbonyl (C=O) groups excluding carboxylic acids is 1. The first kappa shape index (κ1) is 17.3. The van der Waals surface area contributed by atoms with Gasteiger partial charge in [-0.3, -0.25) is 9.78 Å². The number of likely N-dealkylation sites (tertiary alicyclic amines) is 1. The van der Waals surface area contributed by atoms with Crippen molar-refractivity contribution in [1.82, 2.24) is 14.5 Å². The number of pyridine rings is 1. The zero-order valence-corrected chi connectivity index (χ0v) is 16.2. The minimum atomic E-state index is 0.167. The van der Waals surface area contributed by atoms with Crippen LogP contribution in [-0.2, 0) is 11.3 Å². The first-order chi connectivity index (χ1) is 12.7. The molecule has 0 radical (unpaired) electrons. The zero-order chi connectivity index (χ0) is 17.9. The Hall–Kier alpha value is -2.14. The first-order valence-electron chi connectivity index (χ1n) is 9.16. The molecule has 1 amide bonds. The highest BCUT2D eigenvalue weighted by molar-refractivity contribution is 9.10. The fourth-order valence-electron chi connectivity index (χ4n) is 3.86. The normalized spacial score (nSPS) is 17.6. The number of amides is 1. The van der Waals surface area contributed by atoms with Gasteiger partial charge in [-0.1, -0.05) is 28.1 Å². The summed E-state index contributed by atoms with van der Waals surface area (Å²) < 4.78 is 3.23. The largest absolute Gasteiger partial charge is 0.347 e. The van der Waals surface area contributed by atoms with Crippen molar-refractivity contribution < 1.29 is 4.79 Å². The molecule has 3 aromatic rings. The van der Waals surface area contributed by atoms with Crippen LogP contribution in [0, 0.1) is 0 Å². The quantitative estimate of drug-likeness (QED) is 0.609. The summed E-state index contributed by atoms with van der Waals surface area (Å²) in [5.74, 6) is 0.232. The highest BCUT2D eigenvalue weighted by Gasteiger charge is 2.27. The van der Waals surface area contributed by atoms with E-state index in [1.165, 1.54) is 11.8 Å². The van der Waals surface area contributed by atoms with Crippen molar-refractivity contribution in [3.05, 3.63) is 65.0 Å². The summed E-state index contributed by atoms with van der Waals surface area (Å²) in [5, 5.41) is 1.20. The molecule has 134 valence electrons. The summed E-state index contributed by atoms with van der Waals surface area (Å²) in [6.07, 6.45) is 9.55. The lowest BCUT2D eigenvalue weighted by Crippen LogP contribution is -2.38. The molecule has 5 heteroatoms. The predicted octanol–water partition coefficient (Wildman–Crippen LogP) is 4.94. The highest BCUT2D eigenvalue weighted by Crippen LogP contribution is 2.31. The number of rotatable bonds is 4. The van der Waals surface area contributed by atoms with Gasteiger partial charge < -0.3 is 9.47 Å². The molecular weight excluding hydrogens is 390 g/mol. The molecule has 1 aliphatic rings. The van der Waals surface area contributed by atoms with Crippen LogP contribution in [0.5, 0.6) is 0 Å². The number of aromatic nitrogens is 2. The summed E-state index contributed by atoms with van der Waals surface area (Å²) in [4.78, 5) is 19.3. The fourth-order valence-corrected chi connectivity index (χ4v) is 4.21. The molecule has 2 aromatic heterocycles. The number of hydrogen-bond acceptors (Lipinski definition) is 2. The average Bonchev–Trinajstić information content (AvgIpc) is 3.09. The number of nitrogens with zero attached hydrogens (tertiary/aromatic N) is 3. The van der Waals surface area contributed by atoms with Gasteiger partial charge in [0.1, 0.15) is 0 Å². The van der Waals surface area contributed by atoms with E-state index in [0.717, 1.165) is 34.9 Å². The Labute approximate surface area is 162 Å². The van der Waals surface area contributed by atoms with Crippen LogP contribution in [0.15, 0.2) is 59.5 Å². The van der Waals surface area contributed by atoms with Gasteiger partial charge in [0.05, 0.1) is 6.04 Å². The van der Waals surface area contributed by atoms with Gasteiger partial charge in [0.15, 0.2) is 0 Å². The summed E-state index contributed by atoms with van der Waals surface area (Å²) in [6, 6.07) is 12.6. The molecule has 4 rings (SSSR count). The van der Waals surface area contributed by atoms with Crippen molar-refractivity contribution in [2.45, 2.75) is 38.3 Å². The highest BCUT2D eigenvalue weighted by atomic mass is 79.9. The van der Waals surface area contributed by atoms with Gasteiger partial charge in [0.25, 0.3) is 0 Å². The van der Waals surface area contributed by atoms with Gasteiger partial charge in [-0.15, -0.1) is 0 Å². The number of piperidine rings is 1. The van der Waals surface area contributed by atoms with Crippen molar-refractivity contribution in [2.75, 3.05) is 6.54 Å². The number of fused-ring (bicyclic) bond motifs is 1. The van der Waals surface area contributed by atoms with Gasteiger partial charge >= 0.3 is 0 Å². The van der Waals surface area contributed by atoms with Gasteiger partial charge in [-0.25, -0.2) is 0 Å². The Bertz CT molecular complexity index is 906. The Morgan fingerprint density at radius 1 is 1.23 bits per heavy atom. The van der Waals surface area contributed by atoms with Gasteiger partial charge in [0.2, 0.25) is 5.91 Å². The third-order valence-corrected chi connectivity index (χ3v) is 5.69. The summed E-state index contributed by atoms with van der Waals surface area (Å²) >= 11 is 3.53. The Balaban J connectivity index is 1.48. The monoisotopic (exact) mass is 411 g/mol. The number of aryl methyl sites for hydroxylation is 1. The Morgan fingerprint density at radius 3 is 3.00 bits per heavy atom. The molecule has 1 aromatic carbocycles. The van der Waals surface area contributed by atoms with E-state index in [1.54, 1.807) is 6.20 Å². The number of hydrogen-bond donors (Lipinski definition) is 0. The van der Waals surface area contributed by atoms with Gasteiger partial charge in [-0.2, -0.15) is 0 Å². The van der Waals surface area contributed by atoms with Gasteiger partial charge in [0, 0.05) is 48.1 Å². The number of carbonyl (C=O) groups is 1. The second kappa shape index (κ2) is 7.62. The van der Waals surface area contributed by atoms with E-state index < -0.39 is 0 Å². The molecule has 0 N–H and O–H groups in total. The molecule has 1 fully saturated rings. The molecule has 3 heterocycles. The Kier molecular flexibility index (Phi) is 5.07. The smallest absolute Gasteiger partial charge is 0.224 e. The first-order valence-corrected chi connectivity index (χ1v) is 9.95. The van der Waals surface area contributed by atoms with Crippen LogP contribution in [0.25, 0.3) is 10.9 Å². The lowest BCUT2D eigenvalue weighted by atomic mass is 9.96. The van der Waals surface area contributed by atoms with E-state index in [0.29, 0.717) is 13.0 Å². The molecule has 1 saturated heterocycles. The maximum absolute atomic E-state index is 13.0. The van der Waals surface area contributed by atoms with Crippen LogP contribution in [0.1, 0.15) is 37.3 Å². The van der Waals surface area contributed by atoms with Crippen LogP contribution in [-0.4, -0.2) is 26.9 Å². The lowest BCUT2D eigenvalue weighted by Gasteiger charge is -2.36. The average molecular weight is 412 g/mol. The molecule has 0 bridgehead atoms. The minimum absolute atomic E-state index is 0.167. The van der Waals surface area contributed by atoms with E-state index in [1.807, 2.05) is 18.3 Å². The molecule has 0 aliphatic carbocycles. The van der Waals surface area contributed by atoms with E-state index in [-0.39, 0.29) is 11.9 Å². The third kappa shape index (κ3) is 3.54. The maximum atomic E-state index is 13.0. The molecule has 0 spiro atoms. The molecule has 1 aliphatic heterocycles. The second-order valence-electron chi connectivity index (χ2n) is 6.85.